The Labute approximate surface area is 108 Å². The minimum Gasteiger partial charge on any atom is -0.469 e. The molecule has 0 aromatic carbocycles. The molecule has 1 fully saturated rings. The molecule has 0 aromatic rings. The molecule has 1 atom stereocenters. The molecule has 0 amide bonds. The molecule has 1 unspecified atom stereocenters. The molecule has 2 aliphatic rings. The first-order valence-electron chi connectivity index (χ1n) is 5.07. The van der Waals surface area contributed by atoms with Gasteiger partial charge in [0.15, 0.2) is 0 Å². The maximum absolute atomic E-state index is 11.2. The van der Waals surface area contributed by atoms with Gasteiger partial charge in [0.2, 0.25) is 5.79 Å². The summed E-state index contributed by atoms with van der Waals surface area (Å²) in [7, 11) is 1.23. The van der Waals surface area contributed by atoms with Gasteiger partial charge in [-0.3, -0.25) is 4.79 Å². The third-order valence-electron chi connectivity index (χ3n) is 2.88. The van der Waals surface area contributed by atoms with Crippen molar-refractivity contribution >= 4 is 29.2 Å². The van der Waals surface area contributed by atoms with E-state index in [9.17, 15) is 9.90 Å². The van der Waals surface area contributed by atoms with E-state index >= 15 is 0 Å². The van der Waals surface area contributed by atoms with E-state index in [1.54, 1.807) is 0 Å². The van der Waals surface area contributed by atoms with Crippen LogP contribution in [0.3, 0.4) is 0 Å². The topological polar surface area (TPSA) is 65.0 Å². The van der Waals surface area contributed by atoms with E-state index in [1.807, 2.05) is 0 Å². The number of halogens is 2. The molecular formula is C10H12Cl2O5. The van der Waals surface area contributed by atoms with E-state index in [1.165, 1.54) is 7.11 Å². The predicted molar refractivity (Wildman–Crippen MR) is 59.6 cm³/mol. The van der Waals surface area contributed by atoms with E-state index in [-0.39, 0.29) is 22.9 Å². The summed E-state index contributed by atoms with van der Waals surface area (Å²) < 4.78 is 15.3. The van der Waals surface area contributed by atoms with Crippen molar-refractivity contribution in [1.82, 2.24) is 0 Å². The van der Waals surface area contributed by atoms with Gasteiger partial charge in [-0.1, -0.05) is 23.2 Å². The fourth-order valence-electron chi connectivity index (χ4n) is 2.05. The summed E-state index contributed by atoms with van der Waals surface area (Å²) >= 11 is 12.0. The SMILES string of the molecule is COC(=O)CC1(O)CC2(OCCO2)C(Cl)=C1Cl. The molecule has 1 saturated heterocycles. The minimum atomic E-state index is -1.59. The summed E-state index contributed by atoms with van der Waals surface area (Å²) in [6.45, 7) is 0.739. The van der Waals surface area contributed by atoms with Crippen LogP contribution in [0.1, 0.15) is 12.8 Å². The van der Waals surface area contributed by atoms with Crippen LogP contribution in [-0.2, 0) is 19.0 Å². The number of carbonyl (C=O) groups is 1. The van der Waals surface area contributed by atoms with Crippen LogP contribution in [0.4, 0.5) is 0 Å². The number of methoxy groups -OCH3 is 1. The normalized spacial score (nSPS) is 31.3. The zero-order valence-corrected chi connectivity index (χ0v) is 10.7. The smallest absolute Gasteiger partial charge is 0.308 e. The quantitative estimate of drug-likeness (QED) is 0.769. The standard InChI is InChI=1S/C10H12Cl2O5/c1-15-6(13)4-9(14)5-10(8(12)7(9)11)16-2-3-17-10/h14H,2-5H2,1H3. The first-order valence-corrected chi connectivity index (χ1v) is 5.82. The average molecular weight is 283 g/mol. The number of carbonyl (C=O) groups excluding carboxylic acids is 1. The zero-order valence-electron chi connectivity index (χ0n) is 9.16. The zero-order chi connectivity index (χ0) is 12.7. The van der Waals surface area contributed by atoms with Crippen molar-refractivity contribution in [3.8, 4) is 0 Å². The van der Waals surface area contributed by atoms with Crippen molar-refractivity contribution in [3.05, 3.63) is 10.1 Å². The monoisotopic (exact) mass is 282 g/mol. The van der Waals surface area contributed by atoms with Gasteiger partial charge in [0.25, 0.3) is 0 Å². The molecule has 1 aliphatic heterocycles. The van der Waals surface area contributed by atoms with Crippen molar-refractivity contribution < 1.29 is 24.1 Å². The second-order valence-corrected chi connectivity index (χ2v) is 4.79. The van der Waals surface area contributed by atoms with Gasteiger partial charge in [-0.05, 0) is 0 Å². The molecular weight excluding hydrogens is 271 g/mol. The number of esters is 1. The molecule has 2 rings (SSSR count). The first kappa shape index (κ1) is 13.1. The van der Waals surface area contributed by atoms with Gasteiger partial charge in [-0.15, -0.1) is 0 Å². The van der Waals surface area contributed by atoms with E-state index in [4.69, 9.17) is 32.7 Å². The summed E-state index contributed by atoms with van der Waals surface area (Å²) in [5.41, 5.74) is -1.59. The van der Waals surface area contributed by atoms with Crippen LogP contribution < -0.4 is 0 Å². The lowest BCUT2D eigenvalue weighted by Gasteiger charge is -2.26. The maximum Gasteiger partial charge on any atom is 0.308 e. The van der Waals surface area contributed by atoms with E-state index in [0.717, 1.165) is 0 Å². The van der Waals surface area contributed by atoms with Gasteiger partial charge < -0.3 is 19.3 Å². The van der Waals surface area contributed by atoms with Crippen LogP contribution in [0.15, 0.2) is 10.1 Å². The minimum absolute atomic E-state index is 0.00718. The highest BCUT2D eigenvalue weighted by Crippen LogP contribution is 2.51. The highest BCUT2D eigenvalue weighted by molar-refractivity contribution is 6.41. The first-order chi connectivity index (χ1) is 7.93. The highest BCUT2D eigenvalue weighted by atomic mass is 35.5. The van der Waals surface area contributed by atoms with Gasteiger partial charge in [0, 0.05) is 6.42 Å². The Kier molecular flexibility index (Phi) is 3.40. The molecule has 0 saturated carbocycles. The van der Waals surface area contributed by atoms with E-state index < -0.39 is 17.4 Å². The number of ether oxygens (including phenoxy) is 3. The second-order valence-electron chi connectivity index (χ2n) is 4.04. The van der Waals surface area contributed by atoms with Gasteiger partial charge >= 0.3 is 5.97 Å². The Hall–Kier alpha value is -0.330. The van der Waals surface area contributed by atoms with Crippen LogP contribution in [0, 0.1) is 0 Å². The summed E-state index contributed by atoms with van der Waals surface area (Å²) in [4.78, 5) is 11.2. The van der Waals surface area contributed by atoms with Crippen LogP contribution in [0.2, 0.25) is 0 Å². The fourth-order valence-corrected chi connectivity index (χ4v) is 2.68. The molecule has 0 radical (unpaired) electrons. The second kappa shape index (κ2) is 4.40. The lowest BCUT2D eigenvalue weighted by molar-refractivity contribution is -0.155. The van der Waals surface area contributed by atoms with Crippen LogP contribution in [0.25, 0.3) is 0 Å². The Morgan fingerprint density at radius 2 is 2.00 bits per heavy atom. The summed E-state index contributed by atoms with van der Waals surface area (Å²) in [6, 6.07) is 0. The molecule has 1 N–H and O–H groups in total. The van der Waals surface area contributed by atoms with Crippen molar-refractivity contribution in [2.75, 3.05) is 20.3 Å². The molecule has 1 aliphatic carbocycles. The molecule has 96 valence electrons. The lowest BCUT2D eigenvalue weighted by atomic mass is 9.97. The van der Waals surface area contributed by atoms with Crippen LogP contribution in [-0.4, -0.2) is 42.8 Å². The summed E-state index contributed by atoms with van der Waals surface area (Å²) in [6.07, 6.45) is -0.292. The van der Waals surface area contributed by atoms with Gasteiger partial charge in [0.05, 0.1) is 36.8 Å². The number of rotatable bonds is 2. The Morgan fingerprint density at radius 3 is 2.53 bits per heavy atom. The number of hydrogen-bond donors (Lipinski definition) is 1. The van der Waals surface area contributed by atoms with Crippen molar-refractivity contribution in [1.29, 1.82) is 0 Å². The lowest BCUT2D eigenvalue weighted by Crippen LogP contribution is -2.37. The Morgan fingerprint density at radius 1 is 1.41 bits per heavy atom. The molecule has 1 heterocycles. The molecule has 7 heteroatoms. The molecule has 1 spiro atoms. The maximum atomic E-state index is 11.2. The summed E-state index contributed by atoms with van der Waals surface area (Å²) in [5.74, 6) is -1.79. The van der Waals surface area contributed by atoms with Crippen molar-refractivity contribution in [2.24, 2.45) is 0 Å². The fraction of sp³-hybridized carbons (Fsp3) is 0.700. The third-order valence-corrected chi connectivity index (χ3v) is 3.99. The molecule has 17 heavy (non-hydrogen) atoms. The van der Waals surface area contributed by atoms with E-state index in [0.29, 0.717) is 13.2 Å². The largest absolute Gasteiger partial charge is 0.469 e. The Bertz CT molecular complexity index is 375. The van der Waals surface area contributed by atoms with E-state index in [2.05, 4.69) is 4.74 Å². The van der Waals surface area contributed by atoms with Gasteiger partial charge in [-0.25, -0.2) is 0 Å². The number of hydrogen-bond acceptors (Lipinski definition) is 5. The summed E-state index contributed by atoms with van der Waals surface area (Å²) in [5, 5.41) is 10.4. The average Bonchev–Trinajstić information content (AvgIpc) is 2.81. The van der Waals surface area contributed by atoms with Crippen molar-refractivity contribution in [3.63, 3.8) is 0 Å². The molecule has 0 aromatic heterocycles. The van der Waals surface area contributed by atoms with Gasteiger partial charge in [-0.2, -0.15) is 0 Å². The molecule has 5 nitrogen and oxygen atoms in total. The Balaban J connectivity index is 2.25. The van der Waals surface area contributed by atoms with Crippen LogP contribution >= 0.6 is 23.2 Å². The predicted octanol–water partition coefficient (Wildman–Crippen LogP) is 1.12. The van der Waals surface area contributed by atoms with Crippen LogP contribution in [0.5, 0.6) is 0 Å². The number of aliphatic hydroxyl groups is 1. The third kappa shape index (κ3) is 2.06. The van der Waals surface area contributed by atoms with Gasteiger partial charge in [0.1, 0.15) is 5.60 Å². The van der Waals surface area contributed by atoms with Crippen molar-refractivity contribution in [2.45, 2.75) is 24.2 Å². The molecule has 0 bridgehead atoms. The highest BCUT2D eigenvalue weighted by Gasteiger charge is 2.57.